The first-order chi connectivity index (χ1) is 9.00. The SMILES string of the molecule is CC(C)C(CNC1CCCCC1(C)C)N1CCCC1. The largest absolute Gasteiger partial charge is 0.312 e. The Labute approximate surface area is 120 Å². The summed E-state index contributed by atoms with van der Waals surface area (Å²) in [4.78, 5) is 2.72. The summed E-state index contributed by atoms with van der Waals surface area (Å²) < 4.78 is 0. The minimum absolute atomic E-state index is 0.491. The lowest BCUT2D eigenvalue weighted by atomic mass is 9.73. The van der Waals surface area contributed by atoms with Gasteiger partial charge in [-0.15, -0.1) is 0 Å². The van der Waals surface area contributed by atoms with Gasteiger partial charge in [-0.3, -0.25) is 4.90 Å². The minimum atomic E-state index is 0.491. The van der Waals surface area contributed by atoms with Crippen molar-refractivity contribution in [1.29, 1.82) is 0 Å². The minimum Gasteiger partial charge on any atom is -0.312 e. The fraction of sp³-hybridized carbons (Fsp3) is 1.00. The Morgan fingerprint density at radius 3 is 2.37 bits per heavy atom. The normalized spacial score (nSPS) is 29.8. The molecule has 1 heterocycles. The number of likely N-dealkylation sites (tertiary alicyclic amines) is 1. The Morgan fingerprint density at radius 2 is 1.79 bits per heavy atom. The van der Waals surface area contributed by atoms with E-state index in [9.17, 15) is 0 Å². The molecular weight excluding hydrogens is 232 g/mol. The molecule has 0 radical (unpaired) electrons. The van der Waals surface area contributed by atoms with Gasteiger partial charge < -0.3 is 5.32 Å². The molecule has 2 fully saturated rings. The van der Waals surface area contributed by atoms with Crippen molar-refractivity contribution < 1.29 is 0 Å². The molecule has 2 rings (SSSR count). The van der Waals surface area contributed by atoms with Gasteiger partial charge >= 0.3 is 0 Å². The standard InChI is InChI=1S/C17H34N2/c1-14(2)15(19-11-7-8-12-19)13-18-16-9-5-6-10-17(16,3)4/h14-16,18H,5-13H2,1-4H3. The van der Waals surface area contributed by atoms with Crippen molar-refractivity contribution in [2.24, 2.45) is 11.3 Å². The van der Waals surface area contributed by atoms with E-state index in [-0.39, 0.29) is 0 Å². The molecule has 1 saturated heterocycles. The molecule has 1 aliphatic heterocycles. The third-order valence-electron chi connectivity index (χ3n) is 5.46. The highest BCUT2D eigenvalue weighted by Crippen LogP contribution is 2.35. The topological polar surface area (TPSA) is 15.3 Å². The van der Waals surface area contributed by atoms with E-state index in [1.807, 2.05) is 0 Å². The van der Waals surface area contributed by atoms with Crippen molar-refractivity contribution in [1.82, 2.24) is 10.2 Å². The molecular formula is C17H34N2. The maximum Gasteiger partial charge on any atom is 0.0243 e. The van der Waals surface area contributed by atoms with E-state index in [1.54, 1.807) is 0 Å². The molecule has 2 heteroatoms. The molecule has 0 aromatic carbocycles. The van der Waals surface area contributed by atoms with Gasteiger partial charge in [-0.05, 0) is 50.1 Å². The molecule has 0 aromatic rings. The number of nitrogens with zero attached hydrogens (tertiary/aromatic N) is 1. The molecule has 2 nitrogen and oxygen atoms in total. The number of rotatable bonds is 5. The average molecular weight is 266 g/mol. The van der Waals surface area contributed by atoms with Crippen molar-refractivity contribution in [3.8, 4) is 0 Å². The van der Waals surface area contributed by atoms with Crippen LogP contribution in [-0.2, 0) is 0 Å². The van der Waals surface area contributed by atoms with E-state index in [2.05, 4.69) is 37.9 Å². The first-order valence-corrected chi connectivity index (χ1v) is 8.48. The van der Waals surface area contributed by atoms with Gasteiger partial charge in [-0.25, -0.2) is 0 Å². The van der Waals surface area contributed by atoms with Crippen molar-refractivity contribution in [2.45, 2.75) is 78.3 Å². The molecule has 2 unspecified atom stereocenters. The van der Waals surface area contributed by atoms with E-state index in [0.29, 0.717) is 5.41 Å². The summed E-state index contributed by atoms with van der Waals surface area (Å²) in [5, 5.41) is 3.93. The van der Waals surface area contributed by atoms with Crippen LogP contribution in [0.15, 0.2) is 0 Å². The van der Waals surface area contributed by atoms with Crippen LogP contribution in [-0.4, -0.2) is 36.6 Å². The predicted molar refractivity (Wildman–Crippen MR) is 83.5 cm³/mol. The maximum atomic E-state index is 3.93. The van der Waals surface area contributed by atoms with Gasteiger partial charge in [0, 0.05) is 18.6 Å². The van der Waals surface area contributed by atoms with Crippen LogP contribution in [0.5, 0.6) is 0 Å². The number of hydrogen-bond donors (Lipinski definition) is 1. The van der Waals surface area contributed by atoms with Crippen molar-refractivity contribution in [3.05, 3.63) is 0 Å². The zero-order chi connectivity index (χ0) is 13.9. The van der Waals surface area contributed by atoms with Gasteiger partial charge in [-0.1, -0.05) is 40.5 Å². The van der Waals surface area contributed by atoms with Crippen molar-refractivity contribution in [3.63, 3.8) is 0 Å². The zero-order valence-electron chi connectivity index (χ0n) is 13.5. The number of hydrogen-bond acceptors (Lipinski definition) is 2. The van der Waals surface area contributed by atoms with Gasteiger partial charge in [0.15, 0.2) is 0 Å². The lowest BCUT2D eigenvalue weighted by Gasteiger charge is -2.41. The molecule has 0 bridgehead atoms. The summed E-state index contributed by atoms with van der Waals surface area (Å²) in [6, 6.07) is 1.46. The van der Waals surface area contributed by atoms with Crippen LogP contribution in [0.1, 0.15) is 66.2 Å². The van der Waals surface area contributed by atoms with E-state index < -0.39 is 0 Å². The molecule has 1 saturated carbocycles. The second-order valence-corrected chi connectivity index (χ2v) is 7.75. The lowest BCUT2D eigenvalue weighted by molar-refractivity contribution is 0.134. The Bertz CT molecular complexity index is 266. The van der Waals surface area contributed by atoms with Gasteiger partial charge in [0.25, 0.3) is 0 Å². The summed E-state index contributed by atoms with van der Waals surface area (Å²) in [6.45, 7) is 13.5. The summed E-state index contributed by atoms with van der Waals surface area (Å²) in [5.41, 5.74) is 0.491. The Hall–Kier alpha value is -0.0800. The first-order valence-electron chi connectivity index (χ1n) is 8.48. The second kappa shape index (κ2) is 6.58. The van der Waals surface area contributed by atoms with Gasteiger partial charge in [0.05, 0.1) is 0 Å². The fourth-order valence-corrected chi connectivity index (χ4v) is 4.00. The van der Waals surface area contributed by atoms with Crippen LogP contribution in [0.4, 0.5) is 0 Å². The Balaban J connectivity index is 1.87. The van der Waals surface area contributed by atoms with Gasteiger partial charge in [0.1, 0.15) is 0 Å². The first kappa shape index (κ1) is 15.3. The highest BCUT2D eigenvalue weighted by molar-refractivity contribution is 4.90. The molecule has 2 atom stereocenters. The molecule has 1 N–H and O–H groups in total. The third-order valence-corrected chi connectivity index (χ3v) is 5.46. The average Bonchev–Trinajstić information content (AvgIpc) is 2.84. The smallest absolute Gasteiger partial charge is 0.0243 e. The summed E-state index contributed by atoms with van der Waals surface area (Å²) >= 11 is 0. The molecule has 0 aromatic heterocycles. The quantitative estimate of drug-likeness (QED) is 0.817. The maximum absolute atomic E-state index is 3.93. The summed E-state index contributed by atoms with van der Waals surface area (Å²) in [6.07, 6.45) is 8.40. The highest BCUT2D eigenvalue weighted by Gasteiger charge is 2.33. The van der Waals surface area contributed by atoms with Crippen LogP contribution in [0.25, 0.3) is 0 Å². The Kier molecular flexibility index (Phi) is 5.30. The zero-order valence-corrected chi connectivity index (χ0v) is 13.5. The van der Waals surface area contributed by atoms with Crippen LogP contribution >= 0.6 is 0 Å². The van der Waals surface area contributed by atoms with Crippen LogP contribution in [0, 0.1) is 11.3 Å². The molecule has 0 amide bonds. The third kappa shape index (κ3) is 3.95. The second-order valence-electron chi connectivity index (χ2n) is 7.75. The fourth-order valence-electron chi connectivity index (χ4n) is 4.00. The molecule has 112 valence electrons. The summed E-state index contributed by atoms with van der Waals surface area (Å²) in [5.74, 6) is 0.761. The van der Waals surface area contributed by atoms with E-state index in [0.717, 1.165) is 18.0 Å². The lowest BCUT2D eigenvalue weighted by Crippen LogP contribution is -2.51. The van der Waals surface area contributed by atoms with Crippen LogP contribution in [0.2, 0.25) is 0 Å². The van der Waals surface area contributed by atoms with Crippen LogP contribution < -0.4 is 5.32 Å². The monoisotopic (exact) mass is 266 g/mol. The van der Waals surface area contributed by atoms with Gasteiger partial charge in [0.2, 0.25) is 0 Å². The molecule has 1 aliphatic carbocycles. The van der Waals surface area contributed by atoms with E-state index in [1.165, 1.54) is 58.2 Å². The Morgan fingerprint density at radius 1 is 1.11 bits per heavy atom. The predicted octanol–water partition coefficient (Wildman–Crippen LogP) is 3.67. The van der Waals surface area contributed by atoms with Gasteiger partial charge in [-0.2, -0.15) is 0 Å². The molecule has 19 heavy (non-hydrogen) atoms. The van der Waals surface area contributed by atoms with Crippen molar-refractivity contribution in [2.75, 3.05) is 19.6 Å². The van der Waals surface area contributed by atoms with E-state index in [4.69, 9.17) is 0 Å². The summed E-state index contributed by atoms with van der Waals surface area (Å²) in [7, 11) is 0. The molecule has 0 spiro atoms. The highest BCUT2D eigenvalue weighted by atomic mass is 15.2. The number of nitrogens with one attached hydrogen (secondary N) is 1. The van der Waals surface area contributed by atoms with E-state index >= 15 is 0 Å². The molecule has 2 aliphatic rings. The van der Waals surface area contributed by atoms with Crippen molar-refractivity contribution >= 4 is 0 Å². The van der Waals surface area contributed by atoms with Crippen LogP contribution in [0.3, 0.4) is 0 Å².